The average Bonchev–Trinajstić information content (AvgIpc) is 3.97. The lowest BCUT2D eigenvalue weighted by atomic mass is 10.0. The van der Waals surface area contributed by atoms with Crippen molar-refractivity contribution in [3.05, 3.63) is 72.6 Å². The predicted molar refractivity (Wildman–Crippen MR) is 206 cm³/mol. The molecule has 0 unspecified atom stereocenters. The first-order chi connectivity index (χ1) is 26.4. The lowest BCUT2D eigenvalue weighted by Crippen LogP contribution is -2.51. The Labute approximate surface area is 321 Å². The lowest BCUT2D eigenvalue weighted by molar-refractivity contribution is -0.136. The Balaban J connectivity index is 1.19. The van der Waals surface area contributed by atoms with Crippen LogP contribution in [-0.2, 0) is 25.6 Å². The topological polar surface area (TPSA) is 184 Å². The number of alkyl carbamates (subject to hydrolysis) is 2. The smallest absolute Gasteiger partial charge is 0.407 e. The maximum Gasteiger partial charge on any atom is 0.407 e. The number of amides is 4. The van der Waals surface area contributed by atoms with Crippen LogP contribution in [0.15, 0.2) is 60.9 Å². The van der Waals surface area contributed by atoms with E-state index < -0.39 is 24.3 Å². The molecule has 0 saturated carbocycles. The van der Waals surface area contributed by atoms with Crippen LogP contribution in [0, 0.1) is 11.8 Å². The summed E-state index contributed by atoms with van der Waals surface area (Å²) in [5.41, 5.74) is 3.43. The molecule has 2 aromatic carbocycles. The third-order valence-corrected chi connectivity index (χ3v) is 9.57. The van der Waals surface area contributed by atoms with E-state index in [0.717, 1.165) is 41.8 Å². The number of methoxy groups -OCH3 is 2. The third kappa shape index (κ3) is 10.0. The zero-order valence-electron chi connectivity index (χ0n) is 32.5. The summed E-state index contributed by atoms with van der Waals surface area (Å²) in [6.07, 6.45) is 4.58. The summed E-state index contributed by atoms with van der Waals surface area (Å²) in [4.78, 5) is 70.1. The van der Waals surface area contributed by atoms with Crippen molar-refractivity contribution in [3.8, 4) is 34.0 Å². The zero-order valence-corrected chi connectivity index (χ0v) is 32.5. The molecule has 4 aromatic rings. The van der Waals surface area contributed by atoms with E-state index >= 15 is 0 Å². The van der Waals surface area contributed by atoms with Gasteiger partial charge in [-0.3, -0.25) is 9.59 Å². The first-order valence-corrected chi connectivity index (χ1v) is 18.7. The summed E-state index contributed by atoms with van der Waals surface area (Å²) in [7, 11) is 2.56. The van der Waals surface area contributed by atoms with Crippen molar-refractivity contribution < 1.29 is 33.4 Å². The molecule has 4 amide bonds. The minimum absolute atomic E-state index is 0.112. The first-order valence-electron chi connectivity index (χ1n) is 18.7. The van der Waals surface area contributed by atoms with Gasteiger partial charge < -0.3 is 44.6 Å². The number of aromatic nitrogens is 4. The van der Waals surface area contributed by atoms with Crippen LogP contribution in [0.25, 0.3) is 22.5 Å². The summed E-state index contributed by atoms with van der Waals surface area (Å²) in [6, 6.07) is 13.6. The van der Waals surface area contributed by atoms with E-state index in [1.54, 1.807) is 22.2 Å². The molecular weight excluding hydrogens is 704 g/mol. The van der Waals surface area contributed by atoms with E-state index in [0.29, 0.717) is 36.2 Å². The number of carbonyl (C=O) groups excluding carboxylic acids is 4. The fourth-order valence-corrected chi connectivity index (χ4v) is 6.59. The molecule has 294 valence electrons. The number of likely N-dealkylation sites (tertiary alicyclic amines) is 1. The van der Waals surface area contributed by atoms with Crippen LogP contribution in [0.3, 0.4) is 0 Å². The average molecular weight is 757 g/mol. The van der Waals surface area contributed by atoms with Crippen LogP contribution < -0.4 is 15.4 Å². The van der Waals surface area contributed by atoms with Gasteiger partial charge in [-0.25, -0.2) is 19.6 Å². The lowest BCUT2D eigenvalue weighted by Gasteiger charge is -2.30. The number of nitrogens with one attached hydrogen (secondary N) is 4. The third-order valence-electron chi connectivity index (χ3n) is 9.57. The molecule has 4 N–H and O–H groups in total. The molecule has 0 spiro atoms. The first kappa shape index (κ1) is 40.3. The molecule has 5 rings (SSSR count). The van der Waals surface area contributed by atoms with Gasteiger partial charge in [0.05, 0.1) is 50.6 Å². The van der Waals surface area contributed by atoms with E-state index in [1.165, 1.54) is 14.2 Å². The number of carbonyl (C=O) groups is 4. The molecule has 1 fully saturated rings. The minimum Gasteiger partial charge on any atom is -0.457 e. The Bertz CT molecular complexity index is 1900. The number of hydrogen-bond donors (Lipinski definition) is 4. The number of hydrogen-bond acceptors (Lipinski definition) is 9. The normalized spacial score (nSPS) is 15.1. The van der Waals surface area contributed by atoms with Gasteiger partial charge in [0.1, 0.15) is 35.2 Å². The van der Waals surface area contributed by atoms with Crippen LogP contribution in [-0.4, -0.2) is 93.1 Å². The molecule has 15 heteroatoms. The Morgan fingerprint density at radius 1 is 0.818 bits per heavy atom. The monoisotopic (exact) mass is 756 g/mol. The number of ether oxygens (including phenoxy) is 3. The number of benzene rings is 2. The largest absolute Gasteiger partial charge is 0.457 e. The molecule has 3 atom stereocenters. The summed E-state index contributed by atoms with van der Waals surface area (Å²) >= 11 is 0. The molecule has 0 radical (unpaired) electrons. The van der Waals surface area contributed by atoms with Crippen LogP contribution in [0.1, 0.15) is 71.6 Å². The number of H-pyrrole nitrogens is 2. The van der Waals surface area contributed by atoms with Crippen molar-refractivity contribution in [3.63, 3.8) is 0 Å². The maximum absolute atomic E-state index is 13.5. The summed E-state index contributed by atoms with van der Waals surface area (Å²) in [5, 5.41) is 5.34. The molecule has 1 saturated heterocycles. The Morgan fingerprint density at radius 2 is 1.36 bits per heavy atom. The maximum atomic E-state index is 13.5. The second kappa shape index (κ2) is 18.5. The van der Waals surface area contributed by atoms with Crippen molar-refractivity contribution in [1.82, 2.24) is 40.4 Å². The van der Waals surface area contributed by atoms with E-state index in [1.807, 2.05) is 83.1 Å². The predicted octanol–water partition coefficient (Wildman–Crippen LogP) is 6.42. The van der Waals surface area contributed by atoms with Gasteiger partial charge in [0, 0.05) is 13.1 Å². The molecule has 3 heterocycles. The highest BCUT2D eigenvalue weighted by Gasteiger charge is 2.37. The van der Waals surface area contributed by atoms with Gasteiger partial charge in [-0.05, 0) is 90.8 Å². The van der Waals surface area contributed by atoms with E-state index in [4.69, 9.17) is 14.2 Å². The van der Waals surface area contributed by atoms with E-state index in [-0.39, 0.29) is 36.2 Å². The number of rotatable bonds is 15. The Kier molecular flexibility index (Phi) is 13.5. The molecule has 1 aliphatic rings. The molecule has 2 aromatic heterocycles. The number of imidazole rings is 2. The fraction of sp³-hybridized carbons (Fsp3) is 0.450. The van der Waals surface area contributed by atoms with Gasteiger partial charge in [0.2, 0.25) is 11.8 Å². The van der Waals surface area contributed by atoms with Crippen molar-refractivity contribution in [1.29, 1.82) is 0 Å². The molecule has 15 nitrogen and oxygen atoms in total. The van der Waals surface area contributed by atoms with Gasteiger partial charge in [-0.15, -0.1) is 0 Å². The van der Waals surface area contributed by atoms with Crippen molar-refractivity contribution in [2.45, 2.75) is 78.6 Å². The van der Waals surface area contributed by atoms with Crippen molar-refractivity contribution >= 4 is 24.0 Å². The van der Waals surface area contributed by atoms with Crippen molar-refractivity contribution in [2.75, 3.05) is 27.3 Å². The standard InChI is InChI=1S/C40H52N8O7/c1-8-19-47(37(49)34(24(2)3)45-39(51)53-6)23-33-41-21-30(43-33)26-11-15-28(16-12-26)55-29-17-13-27(14-18-29)31-22-42-36(44-31)32-10-9-20-48(32)38(50)35(25(4)5)46-40(52)54-7/h11-18,21-22,24-25,32,34-35H,8-10,19-20,23H2,1-7H3,(H,41,43)(H,42,44)(H,45,51)(H,46,52)/t32-,34-,35-/m0/s1. The van der Waals surface area contributed by atoms with Gasteiger partial charge in [0.15, 0.2) is 0 Å². The van der Waals surface area contributed by atoms with Gasteiger partial charge in [0.25, 0.3) is 0 Å². The number of nitrogens with zero attached hydrogens (tertiary/aromatic N) is 4. The van der Waals surface area contributed by atoms with Crippen LogP contribution >= 0.6 is 0 Å². The van der Waals surface area contributed by atoms with E-state index in [9.17, 15) is 19.2 Å². The van der Waals surface area contributed by atoms with Crippen LogP contribution in [0.2, 0.25) is 0 Å². The quantitative estimate of drug-likeness (QED) is 0.106. The Morgan fingerprint density at radius 3 is 1.91 bits per heavy atom. The molecule has 0 bridgehead atoms. The van der Waals surface area contributed by atoms with Crippen LogP contribution in [0.4, 0.5) is 9.59 Å². The molecule has 0 aliphatic carbocycles. The second-order valence-electron chi connectivity index (χ2n) is 14.2. The van der Waals surface area contributed by atoms with Gasteiger partial charge in [-0.2, -0.15) is 0 Å². The highest BCUT2D eigenvalue weighted by Crippen LogP contribution is 2.33. The molecule has 1 aliphatic heterocycles. The van der Waals surface area contributed by atoms with Gasteiger partial charge >= 0.3 is 12.2 Å². The second-order valence-corrected chi connectivity index (χ2v) is 14.2. The Hall–Kier alpha value is -5.86. The summed E-state index contributed by atoms with van der Waals surface area (Å²) < 4.78 is 15.6. The summed E-state index contributed by atoms with van der Waals surface area (Å²) in [5.74, 6) is 2.06. The van der Waals surface area contributed by atoms with Crippen molar-refractivity contribution in [2.24, 2.45) is 11.8 Å². The highest BCUT2D eigenvalue weighted by molar-refractivity contribution is 5.87. The van der Waals surface area contributed by atoms with E-state index in [2.05, 4.69) is 30.6 Å². The fourth-order valence-electron chi connectivity index (χ4n) is 6.59. The van der Waals surface area contributed by atoms with Crippen LogP contribution in [0.5, 0.6) is 11.5 Å². The highest BCUT2D eigenvalue weighted by atomic mass is 16.5. The summed E-state index contributed by atoms with van der Waals surface area (Å²) in [6.45, 7) is 10.9. The van der Waals surface area contributed by atoms with Gasteiger partial charge in [-0.1, -0.05) is 34.6 Å². The molecular formula is C40H52N8O7. The zero-order chi connectivity index (χ0) is 39.6. The molecule has 55 heavy (non-hydrogen) atoms. The SMILES string of the molecule is CCCN(Cc1ncc(-c2ccc(Oc3ccc(-c4cnc([C@@H]5CCCN5C(=O)[C@@H](NC(=O)OC)C(C)C)[nH]4)cc3)cc2)[nH]1)C(=O)[C@@H](NC(=O)OC)C(C)C. The number of aromatic amines is 2. The minimum atomic E-state index is -0.718.